The molecule has 1 heterocycles. The summed E-state index contributed by atoms with van der Waals surface area (Å²) in [6, 6.07) is 25.5. The summed E-state index contributed by atoms with van der Waals surface area (Å²) in [5, 5.41) is 19.8. The second kappa shape index (κ2) is 9.80. The molecule has 4 rings (SSSR count). The molecule has 1 N–H and O–H groups in total. The fourth-order valence-corrected chi connectivity index (χ4v) is 3.93. The van der Waals surface area contributed by atoms with Crippen molar-refractivity contribution >= 4 is 23.4 Å². The van der Waals surface area contributed by atoms with Gasteiger partial charge in [-0.3, -0.25) is 4.57 Å². The number of rotatable bonds is 8. The van der Waals surface area contributed by atoms with Crippen molar-refractivity contribution < 1.29 is 9.84 Å². The van der Waals surface area contributed by atoms with E-state index in [2.05, 4.69) is 22.3 Å². The van der Waals surface area contributed by atoms with Gasteiger partial charge in [0.1, 0.15) is 18.7 Å². The zero-order valence-corrected chi connectivity index (χ0v) is 17.6. The fraction of sp³-hybridized carbons (Fsp3) is 0.130. The summed E-state index contributed by atoms with van der Waals surface area (Å²) in [6.07, 6.45) is 0.985. The molecule has 3 aromatic carbocycles. The monoisotopic (exact) mass is 437 g/mol. The van der Waals surface area contributed by atoms with Gasteiger partial charge < -0.3 is 9.84 Å². The number of benzene rings is 3. The van der Waals surface area contributed by atoms with E-state index in [4.69, 9.17) is 16.3 Å². The van der Waals surface area contributed by atoms with Crippen LogP contribution < -0.4 is 4.74 Å². The molecular weight excluding hydrogens is 418 g/mol. The number of nitrogens with zero attached hydrogens (tertiary/aromatic N) is 3. The number of aliphatic hydroxyl groups excluding tert-OH is 1. The molecule has 0 aliphatic rings. The number of ether oxygens (including phenoxy) is 1. The highest BCUT2D eigenvalue weighted by Crippen LogP contribution is 2.24. The molecule has 1 aromatic heterocycles. The van der Waals surface area contributed by atoms with Crippen molar-refractivity contribution in [3.8, 4) is 22.6 Å². The van der Waals surface area contributed by atoms with E-state index in [-0.39, 0.29) is 6.61 Å². The summed E-state index contributed by atoms with van der Waals surface area (Å²) in [6.45, 7) is 0.197. The van der Waals surface area contributed by atoms with Crippen LogP contribution in [0.4, 0.5) is 0 Å². The molecular formula is C23H20ClN3O2S. The quantitative estimate of drug-likeness (QED) is 0.388. The van der Waals surface area contributed by atoms with Crippen molar-refractivity contribution in [2.24, 2.45) is 0 Å². The highest BCUT2D eigenvalue weighted by Gasteiger charge is 2.12. The van der Waals surface area contributed by atoms with Crippen molar-refractivity contribution in [1.82, 2.24) is 14.8 Å². The van der Waals surface area contributed by atoms with Crippen LogP contribution in [0, 0.1) is 0 Å². The smallest absolute Gasteiger partial charge is 0.195 e. The van der Waals surface area contributed by atoms with Crippen LogP contribution in [0.15, 0.2) is 90.3 Å². The number of hydrogen-bond acceptors (Lipinski definition) is 5. The minimum absolute atomic E-state index is 0.197. The molecule has 0 aliphatic carbocycles. The molecule has 5 nitrogen and oxygen atoms in total. The molecule has 0 fully saturated rings. The minimum atomic E-state index is -0.645. The standard InChI is InChI=1S/C23H20ClN3O2S/c24-19-7-4-8-20(13-19)27-16-25-26-23(27)30-15-21(28)14-29-22-11-9-18(10-12-22)17-5-2-1-3-6-17/h1-13,16,21,28H,14-15H2. The average Bonchev–Trinajstić information content (AvgIpc) is 3.26. The van der Waals surface area contributed by atoms with Gasteiger partial charge in [-0.25, -0.2) is 0 Å². The Morgan fingerprint density at radius 1 is 0.967 bits per heavy atom. The van der Waals surface area contributed by atoms with Gasteiger partial charge in [-0.15, -0.1) is 10.2 Å². The molecule has 152 valence electrons. The Kier molecular flexibility index (Phi) is 6.69. The Morgan fingerprint density at radius 2 is 1.73 bits per heavy atom. The second-order valence-corrected chi connectivity index (χ2v) is 8.05. The van der Waals surface area contributed by atoms with Crippen LogP contribution in [-0.2, 0) is 0 Å². The largest absolute Gasteiger partial charge is 0.491 e. The third-order valence-electron chi connectivity index (χ3n) is 4.41. The first kappa shape index (κ1) is 20.5. The van der Waals surface area contributed by atoms with E-state index in [1.807, 2.05) is 71.3 Å². The lowest BCUT2D eigenvalue weighted by Crippen LogP contribution is -2.20. The topological polar surface area (TPSA) is 60.2 Å². The third kappa shape index (κ3) is 5.21. The Labute approximate surface area is 184 Å². The predicted octanol–water partition coefficient (Wildman–Crippen LogP) is 5.12. The molecule has 0 aliphatic heterocycles. The number of aliphatic hydroxyl groups is 1. The molecule has 0 amide bonds. The zero-order valence-electron chi connectivity index (χ0n) is 16.1. The number of aromatic nitrogens is 3. The average molecular weight is 438 g/mol. The van der Waals surface area contributed by atoms with Gasteiger partial charge in [0.15, 0.2) is 5.16 Å². The first-order chi connectivity index (χ1) is 14.7. The van der Waals surface area contributed by atoms with Crippen LogP contribution in [0.3, 0.4) is 0 Å². The number of hydrogen-bond donors (Lipinski definition) is 1. The van der Waals surface area contributed by atoms with E-state index in [0.717, 1.165) is 22.6 Å². The Bertz CT molecular complexity index is 1090. The van der Waals surface area contributed by atoms with Crippen molar-refractivity contribution in [3.63, 3.8) is 0 Å². The molecule has 0 saturated carbocycles. The molecule has 1 atom stereocenters. The van der Waals surface area contributed by atoms with Crippen molar-refractivity contribution in [3.05, 3.63) is 90.2 Å². The lowest BCUT2D eigenvalue weighted by Gasteiger charge is -2.13. The van der Waals surface area contributed by atoms with Crippen LogP contribution in [0.25, 0.3) is 16.8 Å². The molecule has 30 heavy (non-hydrogen) atoms. The van der Waals surface area contributed by atoms with Crippen LogP contribution in [-0.4, -0.2) is 38.3 Å². The zero-order chi connectivity index (χ0) is 20.8. The second-order valence-electron chi connectivity index (χ2n) is 6.63. The lowest BCUT2D eigenvalue weighted by atomic mass is 10.1. The van der Waals surface area contributed by atoms with Crippen LogP contribution in [0.5, 0.6) is 5.75 Å². The summed E-state index contributed by atoms with van der Waals surface area (Å²) >= 11 is 7.48. The SMILES string of the molecule is OC(COc1ccc(-c2ccccc2)cc1)CSc1nncn1-c1cccc(Cl)c1. The van der Waals surface area contributed by atoms with Crippen molar-refractivity contribution in [2.45, 2.75) is 11.3 Å². The van der Waals surface area contributed by atoms with Crippen LogP contribution >= 0.6 is 23.4 Å². The van der Waals surface area contributed by atoms with Gasteiger partial charge in [0.2, 0.25) is 0 Å². The summed E-state index contributed by atoms with van der Waals surface area (Å²) < 4.78 is 7.58. The van der Waals surface area contributed by atoms with Crippen molar-refractivity contribution in [2.75, 3.05) is 12.4 Å². The van der Waals surface area contributed by atoms with E-state index in [1.54, 1.807) is 6.33 Å². The lowest BCUT2D eigenvalue weighted by molar-refractivity contribution is 0.126. The Hall–Kier alpha value is -2.80. The number of thioether (sulfide) groups is 1. The minimum Gasteiger partial charge on any atom is -0.491 e. The molecule has 1 unspecified atom stereocenters. The van der Waals surface area contributed by atoms with E-state index >= 15 is 0 Å². The maximum atomic E-state index is 10.3. The van der Waals surface area contributed by atoms with Gasteiger partial charge in [0, 0.05) is 10.8 Å². The van der Waals surface area contributed by atoms with Crippen LogP contribution in [0.1, 0.15) is 0 Å². The third-order valence-corrected chi connectivity index (χ3v) is 5.73. The molecule has 7 heteroatoms. The molecule has 0 spiro atoms. The molecule has 4 aromatic rings. The van der Waals surface area contributed by atoms with Gasteiger partial charge in [-0.2, -0.15) is 0 Å². The van der Waals surface area contributed by atoms with Gasteiger partial charge in [-0.1, -0.05) is 71.9 Å². The van der Waals surface area contributed by atoms with Gasteiger partial charge in [0.05, 0.1) is 11.8 Å². The maximum absolute atomic E-state index is 10.3. The fourth-order valence-electron chi connectivity index (χ4n) is 2.91. The summed E-state index contributed by atoms with van der Waals surface area (Å²) in [5.41, 5.74) is 3.16. The summed E-state index contributed by atoms with van der Waals surface area (Å²) in [7, 11) is 0. The van der Waals surface area contributed by atoms with Crippen LogP contribution in [0.2, 0.25) is 5.02 Å². The van der Waals surface area contributed by atoms with Gasteiger partial charge >= 0.3 is 0 Å². The molecule has 0 saturated heterocycles. The van der Waals surface area contributed by atoms with Crippen molar-refractivity contribution in [1.29, 1.82) is 0 Å². The highest BCUT2D eigenvalue weighted by molar-refractivity contribution is 7.99. The van der Waals surface area contributed by atoms with Gasteiger partial charge in [-0.05, 0) is 41.5 Å². The maximum Gasteiger partial charge on any atom is 0.195 e. The van der Waals surface area contributed by atoms with E-state index in [0.29, 0.717) is 15.9 Å². The summed E-state index contributed by atoms with van der Waals surface area (Å²) in [5.74, 6) is 1.15. The summed E-state index contributed by atoms with van der Waals surface area (Å²) in [4.78, 5) is 0. The Morgan fingerprint density at radius 3 is 2.50 bits per heavy atom. The number of halogens is 1. The van der Waals surface area contributed by atoms with Gasteiger partial charge in [0.25, 0.3) is 0 Å². The predicted molar refractivity (Wildman–Crippen MR) is 120 cm³/mol. The normalized spacial score (nSPS) is 11.9. The van der Waals surface area contributed by atoms with E-state index in [9.17, 15) is 5.11 Å². The first-order valence-corrected chi connectivity index (χ1v) is 10.8. The highest BCUT2D eigenvalue weighted by atomic mass is 35.5. The molecule has 0 bridgehead atoms. The molecule has 0 radical (unpaired) electrons. The van der Waals surface area contributed by atoms with E-state index < -0.39 is 6.10 Å². The Balaban J connectivity index is 1.30. The van der Waals surface area contributed by atoms with E-state index in [1.165, 1.54) is 11.8 Å². The first-order valence-electron chi connectivity index (χ1n) is 9.44.